The van der Waals surface area contributed by atoms with E-state index in [0.717, 1.165) is 70.2 Å². The first kappa shape index (κ1) is 27.3. The Labute approximate surface area is 239 Å². The molecule has 0 bridgehead atoms. The van der Waals surface area contributed by atoms with Crippen molar-refractivity contribution in [3.63, 3.8) is 0 Å². The van der Waals surface area contributed by atoms with E-state index in [1.54, 1.807) is 18.2 Å². The standard InChI is InChI=1S/C33H29F3N2O2S/c1-19(2)18-38-27-17-28(32(39)40)41-31(27)29(20-7-4-3-5-8-20)30(38)23-12-14-26-22(15-23)11-13-25(37-26)21-9-6-10-24(16-21)33(34,35)36/h6,9-17,20H,1,3-5,7-8,18H2,2H3,(H,39,40). The number of aromatic nitrogens is 2. The van der Waals surface area contributed by atoms with Crippen LogP contribution in [0, 0.1) is 0 Å². The van der Waals surface area contributed by atoms with Crippen LogP contribution in [0.2, 0.25) is 0 Å². The lowest BCUT2D eigenvalue weighted by Crippen LogP contribution is -2.08. The van der Waals surface area contributed by atoms with Crippen LogP contribution < -0.4 is 0 Å². The van der Waals surface area contributed by atoms with Gasteiger partial charge in [0, 0.05) is 17.5 Å². The number of halogens is 3. The molecular weight excluding hydrogens is 545 g/mol. The van der Waals surface area contributed by atoms with E-state index in [4.69, 9.17) is 4.98 Å². The lowest BCUT2D eigenvalue weighted by Gasteiger charge is -2.24. The molecule has 1 aliphatic rings. The fourth-order valence-electron chi connectivity index (χ4n) is 6.06. The third-order valence-electron chi connectivity index (χ3n) is 7.87. The van der Waals surface area contributed by atoms with Gasteiger partial charge in [0.1, 0.15) is 4.88 Å². The average molecular weight is 575 g/mol. The van der Waals surface area contributed by atoms with E-state index in [1.807, 2.05) is 25.1 Å². The van der Waals surface area contributed by atoms with Crippen LogP contribution in [-0.2, 0) is 12.7 Å². The molecule has 1 N–H and O–H groups in total. The van der Waals surface area contributed by atoms with Crippen molar-refractivity contribution < 1.29 is 23.1 Å². The minimum atomic E-state index is -4.42. The number of pyridine rings is 1. The van der Waals surface area contributed by atoms with E-state index in [1.165, 1.54) is 29.4 Å². The molecule has 4 nitrogen and oxygen atoms in total. The topological polar surface area (TPSA) is 55.1 Å². The zero-order valence-electron chi connectivity index (χ0n) is 22.6. The first-order valence-corrected chi connectivity index (χ1v) is 14.5. The number of carboxylic acid groups (broad SMARTS) is 1. The van der Waals surface area contributed by atoms with Gasteiger partial charge in [-0.25, -0.2) is 9.78 Å². The first-order chi connectivity index (χ1) is 19.6. The number of hydrogen-bond acceptors (Lipinski definition) is 3. The number of hydrogen-bond donors (Lipinski definition) is 1. The summed E-state index contributed by atoms with van der Waals surface area (Å²) >= 11 is 1.35. The number of carbonyl (C=O) groups is 1. The minimum absolute atomic E-state index is 0.332. The Morgan fingerprint density at radius 2 is 1.83 bits per heavy atom. The molecule has 3 heterocycles. The predicted molar refractivity (Wildman–Crippen MR) is 159 cm³/mol. The van der Waals surface area contributed by atoms with Crippen LogP contribution in [0.3, 0.4) is 0 Å². The molecule has 0 amide bonds. The third kappa shape index (κ3) is 5.17. The second-order valence-corrected chi connectivity index (χ2v) is 12.0. The van der Waals surface area contributed by atoms with E-state index in [9.17, 15) is 23.1 Å². The van der Waals surface area contributed by atoms with Gasteiger partial charge in [0.25, 0.3) is 0 Å². The van der Waals surface area contributed by atoms with Crippen LogP contribution in [0.4, 0.5) is 13.2 Å². The van der Waals surface area contributed by atoms with Gasteiger partial charge >= 0.3 is 12.1 Å². The fourth-order valence-corrected chi connectivity index (χ4v) is 7.18. The molecule has 0 radical (unpaired) electrons. The average Bonchev–Trinajstić information content (AvgIpc) is 3.51. The Morgan fingerprint density at radius 1 is 1.05 bits per heavy atom. The van der Waals surface area contributed by atoms with Gasteiger partial charge in [-0.1, -0.05) is 55.7 Å². The van der Waals surface area contributed by atoms with Crippen LogP contribution in [0.5, 0.6) is 0 Å². The Morgan fingerprint density at radius 3 is 2.54 bits per heavy atom. The van der Waals surface area contributed by atoms with Crippen LogP contribution in [0.1, 0.15) is 65.7 Å². The molecule has 8 heteroatoms. The van der Waals surface area contributed by atoms with Gasteiger partial charge in [0.05, 0.1) is 32.7 Å². The smallest absolute Gasteiger partial charge is 0.416 e. The van der Waals surface area contributed by atoms with Crippen molar-refractivity contribution in [3.8, 4) is 22.5 Å². The normalized spacial score (nSPS) is 14.6. The molecule has 2 aromatic carbocycles. The molecule has 1 aliphatic carbocycles. The zero-order chi connectivity index (χ0) is 28.9. The highest BCUT2D eigenvalue weighted by molar-refractivity contribution is 7.21. The van der Waals surface area contributed by atoms with Crippen molar-refractivity contribution >= 4 is 38.4 Å². The lowest BCUT2D eigenvalue weighted by molar-refractivity contribution is -0.137. The molecule has 210 valence electrons. The second kappa shape index (κ2) is 10.5. The highest BCUT2D eigenvalue weighted by atomic mass is 32.1. The quantitative estimate of drug-likeness (QED) is 0.205. The number of nitrogens with zero attached hydrogens (tertiary/aromatic N) is 2. The van der Waals surface area contributed by atoms with Gasteiger partial charge in [0.2, 0.25) is 0 Å². The molecule has 6 rings (SSSR count). The fraction of sp³-hybridized carbons (Fsp3) is 0.273. The molecule has 0 atom stereocenters. The predicted octanol–water partition coefficient (Wildman–Crippen LogP) is 9.93. The summed E-state index contributed by atoms with van der Waals surface area (Å²) < 4.78 is 43.1. The number of fused-ring (bicyclic) bond motifs is 2. The van der Waals surface area contributed by atoms with Crippen molar-refractivity contribution in [2.24, 2.45) is 0 Å². The first-order valence-electron chi connectivity index (χ1n) is 13.7. The Balaban J connectivity index is 1.50. The van der Waals surface area contributed by atoms with Crippen molar-refractivity contribution in [2.45, 2.75) is 57.7 Å². The van der Waals surface area contributed by atoms with Gasteiger partial charge in [-0.2, -0.15) is 13.2 Å². The summed E-state index contributed by atoms with van der Waals surface area (Å²) in [4.78, 5) is 16.9. The van der Waals surface area contributed by atoms with Gasteiger partial charge in [-0.15, -0.1) is 11.3 Å². The van der Waals surface area contributed by atoms with Gasteiger partial charge in [-0.3, -0.25) is 0 Å². The van der Waals surface area contributed by atoms with Gasteiger partial charge < -0.3 is 9.67 Å². The number of allylic oxidation sites excluding steroid dienone is 1. The Kier molecular flexibility index (Phi) is 6.98. The van der Waals surface area contributed by atoms with Crippen LogP contribution in [-0.4, -0.2) is 20.6 Å². The summed E-state index contributed by atoms with van der Waals surface area (Å²) in [6.45, 7) is 6.69. The number of benzene rings is 2. The second-order valence-electron chi connectivity index (χ2n) is 11.0. The molecule has 3 aromatic heterocycles. The van der Waals surface area contributed by atoms with Crippen molar-refractivity contribution in [1.29, 1.82) is 0 Å². The summed E-state index contributed by atoms with van der Waals surface area (Å²) in [6.07, 6.45) is 1.21. The van der Waals surface area contributed by atoms with Gasteiger partial charge in [0.15, 0.2) is 0 Å². The van der Waals surface area contributed by atoms with E-state index in [0.29, 0.717) is 34.1 Å². The molecule has 0 saturated heterocycles. The SMILES string of the molecule is C=C(C)Cn1c(-c2ccc3nc(-c4cccc(C(F)(F)F)c4)ccc3c2)c(C2CCCCC2)c2sc(C(=O)O)cc21. The largest absolute Gasteiger partial charge is 0.477 e. The summed E-state index contributed by atoms with van der Waals surface area (Å²) in [6, 6.07) is 16.7. The molecular formula is C33H29F3N2O2S. The van der Waals surface area contributed by atoms with Crippen LogP contribution in [0.15, 0.2) is 72.8 Å². The summed E-state index contributed by atoms with van der Waals surface area (Å²) in [5.41, 5.74) is 6.07. The van der Waals surface area contributed by atoms with Crippen LogP contribution >= 0.6 is 11.3 Å². The maximum Gasteiger partial charge on any atom is 0.416 e. The molecule has 1 fully saturated rings. The maximum absolute atomic E-state index is 13.3. The highest BCUT2D eigenvalue weighted by Crippen LogP contribution is 2.47. The molecule has 1 saturated carbocycles. The van der Waals surface area contributed by atoms with Crippen molar-refractivity contribution in [3.05, 3.63) is 88.8 Å². The summed E-state index contributed by atoms with van der Waals surface area (Å²) in [5, 5.41) is 10.6. The molecule has 0 aliphatic heterocycles. The zero-order valence-corrected chi connectivity index (χ0v) is 23.4. The number of carboxylic acids is 1. The lowest BCUT2D eigenvalue weighted by atomic mass is 9.83. The number of aromatic carboxylic acids is 1. The van der Waals surface area contributed by atoms with Gasteiger partial charge in [-0.05, 0) is 73.2 Å². The summed E-state index contributed by atoms with van der Waals surface area (Å²) in [7, 11) is 0. The van der Waals surface area contributed by atoms with Crippen molar-refractivity contribution in [1.82, 2.24) is 9.55 Å². The van der Waals surface area contributed by atoms with E-state index in [-0.39, 0.29) is 0 Å². The molecule has 5 aromatic rings. The molecule has 0 spiro atoms. The third-order valence-corrected chi connectivity index (χ3v) is 9.02. The Bertz CT molecular complexity index is 1810. The maximum atomic E-state index is 13.3. The number of thiophene rings is 1. The number of rotatable bonds is 6. The molecule has 41 heavy (non-hydrogen) atoms. The Hall–Kier alpha value is -3.91. The van der Waals surface area contributed by atoms with E-state index in [2.05, 4.69) is 17.2 Å². The molecule has 0 unspecified atom stereocenters. The summed E-state index contributed by atoms with van der Waals surface area (Å²) in [5.74, 6) is -0.581. The van der Waals surface area contributed by atoms with E-state index < -0.39 is 17.7 Å². The van der Waals surface area contributed by atoms with E-state index >= 15 is 0 Å². The van der Waals surface area contributed by atoms with Crippen LogP contribution in [0.25, 0.3) is 43.6 Å². The highest BCUT2D eigenvalue weighted by Gasteiger charge is 2.31. The number of alkyl halides is 3. The van der Waals surface area contributed by atoms with Crippen molar-refractivity contribution in [2.75, 3.05) is 0 Å². The monoisotopic (exact) mass is 574 g/mol. The minimum Gasteiger partial charge on any atom is -0.477 e.